The lowest BCUT2D eigenvalue weighted by atomic mass is 10.0. The number of unbranched alkanes of at least 4 members (excludes halogenated alkanes) is 3. The Kier molecular flexibility index (Phi) is 12.8. The fraction of sp³-hybridized carbons (Fsp3) is 0.364. The second-order valence-electron chi connectivity index (χ2n) is 10.1. The quantitative estimate of drug-likeness (QED) is 0.181. The number of nitrogens with two attached hydrogens (primary N) is 1. The van der Waals surface area contributed by atoms with Gasteiger partial charge in [0.1, 0.15) is 29.9 Å². The van der Waals surface area contributed by atoms with E-state index in [1.807, 2.05) is 48.5 Å². The number of ether oxygens (including phenoxy) is 3. The minimum Gasteiger partial charge on any atom is -0.497 e. The number of carboxylic acids is 1. The van der Waals surface area contributed by atoms with E-state index in [1.165, 1.54) is 4.90 Å². The van der Waals surface area contributed by atoms with Gasteiger partial charge in [-0.05, 0) is 72.4 Å². The Morgan fingerprint density at radius 1 is 0.814 bits per heavy atom. The Balaban J connectivity index is 1.70. The summed E-state index contributed by atoms with van der Waals surface area (Å²) in [6.07, 6.45) is 2.52. The number of carboxylic acid groups (broad SMARTS) is 1. The number of benzene rings is 3. The number of aliphatic carboxylic acids is 1. The van der Waals surface area contributed by atoms with E-state index in [0.29, 0.717) is 42.3 Å². The van der Waals surface area contributed by atoms with Gasteiger partial charge >= 0.3 is 5.97 Å². The first-order valence-corrected chi connectivity index (χ1v) is 14.2. The molecule has 3 rings (SSSR count). The van der Waals surface area contributed by atoms with Crippen LogP contribution in [-0.4, -0.2) is 66.3 Å². The molecule has 0 spiro atoms. The number of amides is 2. The van der Waals surface area contributed by atoms with Crippen LogP contribution in [0.25, 0.3) is 11.1 Å². The highest BCUT2D eigenvalue weighted by atomic mass is 16.5. The minimum absolute atomic E-state index is 0.0646. The third-order valence-electron chi connectivity index (χ3n) is 7.03. The van der Waals surface area contributed by atoms with Crippen molar-refractivity contribution in [3.05, 3.63) is 77.9 Å². The molecule has 3 aromatic carbocycles. The Morgan fingerprint density at radius 3 is 1.93 bits per heavy atom. The highest BCUT2D eigenvalue weighted by Gasteiger charge is 2.30. The fourth-order valence-electron chi connectivity index (χ4n) is 4.67. The molecule has 0 aromatic heterocycles. The third kappa shape index (κ3) is 10.0. The van der Waals surface area contributed by atoms with Crippen LogP contribution in [0.2, 0.25) is 0 Å². The number of aliphatic hydroxyl groups excluding tert-OH is 1. The Morgan fingerprint density at radius 2 is 1.40 bits per heavy atom. The van der Waals surface area contributed by atoms with Crippen LogP contribution in [0.15, 0.2) is 66.7 Å². The van der Waals surface area contributed by atoms with Crippen molar-refractivity contribution in [1.29, 1.82) is 0 Å². The van der Waals surface area contributed by atoms with Gasteiger partial charge in [-0.25, -0.2) is 4.79 Å². The highest BCUT2D eigenvalue weighted by Crippen LogP contribution is 2.26. The topological polar surface area (TPSA) is 149 Å². The molecule has 0 aliphatic heterocycles. The lowest BCUT2D eigenvalue weighted by Crippen LogP contribution is -2.46. The van der Waals surface area contributed by atoms with Crippen molar-refractivity contribution in [2.24, 2.45) is 5.73 Å². The van der Waals surface area contributed by atoms with Gasteiger partial charge in [-0.2, -0.15) is 0 Å². The van der Waals surface area contributed by atoms with E-state index in [4.69, 9.17) is 25.1 Å². The molecule has 230 valence electrons. The SMILES string of the molecule is COc1cc(COc2ccc(-c3ccc(C(=O)N(CCCCCCO)[C@@H](CCC(N)=O)C(=O)O)cc3)cc2)cc(OC)c1. The van der Waals surface area contributed by atoms with Gasteiger partial charge in [-0.15, -0.1) is 0 Å². The van der Waals surface area contributed by atoms with Crippen LogP contribution >= 0.6 is 0 Å². The molecule has 0 fully saturated rings. The van der Waals surface area contributed by atoms with Gasteiger partial charge in [0.05, 0.1) is 14.2 Å². The smallest absolute Gasteiger partial charge is 0.326 e. The van der Waals surface area contributed by atoms with E-state index in [0.717, 1.165) is 29.5 Å². The van der Waals surface area contributed by atoms with Crippen molar-refractivity contribution in [2.45, 2.75) is 51.2 Å². The number of hydrogen-bond acceptors (Lipinski definition) is 7. The fourth-order valence-corrected chi connectivity index (χ4v) is 4.67. The Bertz CT molecular complexity index is 1320. The maximum atomic E-state index is 13.5. The molecule has 0 bridgehead atoms. The predicted molar refractivity (Wildman–Crippen MR) is 162 cm³/mol. The van der Waals surface area contributed by atoms with E-state index in [-0.39, 0.29) is 26.0 Å². The van der Waals surface area contributed by atoms with Crippen LogP contribution in [0.5, 0.6) is 17.2 Å². The van der Waals surface area contributed by atoms with Crippen molar-refractivity contribution < 1.29 is 38.8 Å². The highest BCUT2D eigenvalue weighted by molar-refractivity contribution is 5.97. The lowest BCUT2D eigenvalue weighted by molar-refractivity contribution is -0.142. The Labute approximate surface area is 252 Å². The third-order valence-corrected chi connectivity index (χ3v) is 7.03. The van der Waals surface area contributed by atoms with Gasteiger partial charge in [0.15, 0.2) is 0 Å². The number of methoxy groups -OCH3 is 2. The summed E-state index contributed by atoms with van der Waals surface area (Å²) in [5, 5.41) is 18.9. The predicted octanol–water partition coefficient (Wildman–Crippen LogP) is 4.66. The first kappa shape index (κ1) is 32.9. The molecule has 0 unspecified atom stereocenters. The van der Waals surface area contributed by atoms with Gasteiger partial charge in [0, 0.05) is 31.2 Å². The minimum atomic E-state index is -1.19. The molecule has 1 atom stereocenters. The maximum Gasteiger partial charge on any atom is 0.326 e. The monoisotopic (exact) mass is 592 g/mol. The van der Waals surface area contributed by atoms with E-state index >= 15 is 0 Å². The van der Waals surface area contributed by atoms with Crippen LogP contribution < -0.4 is 19.9 Å². The van der Waals surface area contributed by atoms with E-state index < -0.39 is 23.8 Å². The summed E-state index contributed by atoms with van der Waals surface area (Å²) in [6.45, 7) is 0.629. The number of carbonyl (C=O) groups excluding carboxylic acids is 2. The van der Waals surface area contributed by atoms with E-state index in [9.17, 15) is 19.5 Å². The first-order chi connectivity index (χ1) is 20.7. The van der Waals surface area contributed by atoms with Gasteiger partial charge in [0.2, 0.25) is 5.91 Å². The molecule has 0 aliphatic carbocycles. The number of carbonyl (C=O) groups is 3. The molecule has 0 radical (unpaired) electrons. The van der Waals surface area contributed by atoms with Crippen LogP contribution in [0, 0.1) is 0 Å². The zero-order valence-corrected chi connectivity index (χ0v) is 24.7. The second-order valence-corrected chi connectivity index (χ2v) is 10.1. The summed E-state index contributed by atoms with van der Waals surface area (Å²) < 4.78 is 16.6. The summed E-state index contributed by atoms with van der Waals surface area (Å²) >= 11 is 0. The van der Waals surface area contributed by atoms with E-state index in [2.05, 4.69) is 0 Å². The molecule has 2 amide bonds. The average molecular weight is 593 g/mol. The average Bonchev–Trinajstić information content (AvgIpc) is 3.02. The van der Waals surface area contributed by atoms with Crippen molar-refractivity contribution in [1.82, 2.24) is 4.90 Å². The molecule has 10 heteroatoms. The van der Waals surface area contributed by atoms with Gasteiger partial charge in [0.25, 0.3) is 5.91 Å². The van der Waals surface area contributed by atoms with Crippen LogP contribution in [0.3, 0.4) is 0 Å². The molecule has 10 nitrogen and oxygen atoms in total. The normalized spacial score (nSPS) is 11.4. The molecule has 0 heterocycles. The van der Waals surface area contributed by atoms with Crippen LogP contribution in [0.4, 0.5) is 0 Å². The largest absolute Gasteiger partial charge is 0.497 e. The van der Waals surface area contributed by atoms with Crippen molar-refractivity contribution in [3.63, 3.8) is 0 Å². The summed E-state index contributed by atoms with van der Waals surface area (Å²) in [5.41, 5.74) is 8.29. The van der Waals surface area contributed by atoms with Crippen molar-refractivity contribution in [2.75, 3.05) is 27.4 Å². The molecular formula is C33H40N2O8. The second kappa shape index (κ2) is 16.8. The van der Waals surface area contributed by atoms with Crippen molar-refractivity contribution >= 4 is 17.8 Å². The molecule has 43 heavy (non-hydrogen) atoms. The summed E-state index contributed by atoms with van der Waals surface area (Å²) in [6, 6.07) is 18.9. The van der Waals surface area contributed by atoms with Crippen LogP contribution in [-0.2, 0) is 16.2 Å². The Hall–Kier alpha value is -4.57. The van der Waals surface area contributed by atoms with Gasteiger partial charge < -0.3 is 35.1 Å². The molecule has 0 aliphatic rings. The van der Waals surface area contributed by atoms with Crippen LogP contribution in [0.1, 0.15) is 54.4 Å². The molecular weight excluding hydrogens is 552 g/mol. The van der Waals surface area contributed by atoms with Gasteiger partial charge in [-0.1, -0.05) is 37.1 Å². The number of primary amides is 1. The lowest BCUT2D eigenvalue weighted by Gasteiger charge is -2.29. The maximum absolute atomic E-state index is 13.5. The summed E-state index contributed by atoms with van der Waals surface area (Å²) in [4.78, 5) is 38.2. The molecule has 4 N–H and O–H groups in total. The van der Waals surface area contributed by atoms with E-state index in [1.54, 1.807) is 32.4 Å². The number of rotatable bonds is 18. The number of aliphatic hydroxyl groups is 1. The molecule has 0 saturated carbocycles. The van der Waals surface area contributed by atoms with Gasteiger partial charge in [-0.3, -0.25) is 9.59 Å². The number of nitrogens with zero attached hydrogens (tertiary/aromatic N) is 1. The van der Waals surface area contributed by atoms with Crippen molar-refractivity contribution in [3.8, 4) is 28.4 Å². The zero-order chi connectivity index (χ0) is 31.2. The summed E-state index contributed by atoms with van der Waals surface area (Å²) in [5.74, 6) is -0.190. The first-order valence-electron chi connectivity index (χ1n) is 14.2. The standard InChI is InChI=1S/C33H40N2O8/c1-41-28-19-23(20-29(21-28)42-2)22-43-27-13-11-25(12-14-27)24-7-9-26(10-8-24)32(38)35(17-5-3-4-6-18-36)30(33(39)40)15-16-31(34)37/h7-14,19-21,30,36H,3-6,15-18,22H2,1-2H3,(H2,34,37)(H,39,40)/t30-/m0/s1. The molecule has 3 aromatic rings. The zero-order valence-electron chi connectivity index (χ0n) is 24.7. The number of hydrogen-bond donors (Lipinski definition) is 3. The molecule has 0 saturated heterocycles. The summed E-state index contributed by atoms with van der Waals surface area (Å²) in [7, 11) is 3.19.